The molecule has 5 heteroatoms. The number of aliphatic carboxylic acids is 1. The van der Waals surface area contributed by atoms with Gasteiger partial charge >= 0.3 is 12.1 Å². The lowest BCUT2D eigenvalue weighted by molar-refractivity contribution is -0.143. The van der Waals surface area contributed by atoms with Gasteiger partial charge in [0.15, 0.2) is 0 Å². The number of hydrogen-bond acceptors (Lipinski definition) is 3. The fourth-order valence-corrected chi connectivity index (χ4v) is 1.57. The van der Waals surface area contributed by atoms with E-state index in [2.05, 4.69) is 6.58 Å². The molecular formula is C10H15NO4. The molecule has 0 aromatic heterocycles. The number of carbonyl (C=O) groups excluding carboxylic acids is 1. The molecular weight excluding hydrogens is 198 g/mol. The summed E-state index contributed by atoms with van der Waals surface area (Å²) in [5.74, 6) is -1.31. The highest BCUT2D eigenvalue weighted by Gasteiger charge is 2.28. The first-order chi connectivity index (χ1) is 7.15. The number of rotatable bonds is 3. The smallest absolute Gasteiger partial charge is 0.410 e. The standard InChI is InChI=1S/C10H15NO4/c1-2-6-15-10(14)11-5-3-4-8(7-11)9(12)13/h2,8H,1,3-7H2,(H,12,13)/t8-/m0/s1. The first-order valence-corrected chi connectivity index (χ1v) is 4.90. The van der Waals surface area contributed by atoms with Crippen molar-refractivity contribution in [2.45, 2.75) is 12.8 Å². The lowest BCUT2D eigenvalue weighted by atomic mass is 9.99. The summed E-state index contributed by atoms with van der Waals surface area (Å²) < 4.78 is 4.83. The lowest BCUT2D eigenvalue weighted by Crippen LogP contribution is -2.42. The topological polar surface area (TPSA) is 66.8 Å². The second kappa shape index (κ2) is 5.38. The highest BCUT2D eigenvalue weighted by molar-refractivity contribution is 5.73. The van der Waals surface area contributed by atoms with Gasteiger partial charge in [0.05, 0.1) is 5.92 Å². The summed E-state index contributed by atoms with van der Waals surface area (Å²) in [5, 5.41) is 8.82. The van der Waals surface area contributed by atoms with Gasteiger partial charge in [0, 0.05) is 13.1 Å². The van der Waals surface area contributed by atoms with Gasteiger partial charge in [-0.25, -0.2) is 4.79 Å². The molecule has 0 aromatic rings. The molecule has 1 N–H and O–H groups in total. The van der Waals surface area contributed by atoms with Crippen molar-refractivity contribution in [3.63, 3.8) is 0 Å². The molecule has 1 amide bonds. The van der Waals surface area contributed by atoms with Gasteiger partial charge in [0.2, 0.25) is 0 Å². The molecule has 1 atom stereocenters. The van der Waals surface area contributed by atoms with E-state index in [1.165, 1.54) is 11.0 Å². The van der Waals surface area contributed by atoms with Crippen LogP contribution in [0.3, 0.4) is 0 Å². The Morgan fingerprint density at radius 1 is 1.60 bits per heavy atom. The zero-order chi connectivity index (χ0) is 11.3. The Morgan fingerprint density at radius 3 is 2.93 bits per heavy atom. The van der Waals surface area contributed by atoms with E-state index in [4.69, 9.17) is 9.84 Å². The minimum Gasteiger partial charge on any atom is -0.481 e. The average molecular weight is 213 g/mol. The largest absolute Gasteiger partial charge is 0.481 e. The summed E-state index contributed by atoms with van der Waals surface area (Å²) in [7, 11) is 0. The molecule has 5 nitrogen and oxygen atoms in total. The molecule has 1 fully saturated rings. The highest BCUT2D eigenvalue weighted by Crippen LogP contribution is 2.17. The van der Waals surface area contributed by atoms with Gasteiger partial charge in [-0.05, 0) is 12.8 Å². The number of amides is 1. The van der Waals surface area contributed by atoms with Crippen LogP contribution in [0.4, 0.5) is 4.79 Å². The minimum atomic E-state index is -0.851. The maximum absolute atomic E-state index is 11.4. The monoisotopic (exact) mass is 213 g/mol. The predicted molar refractivity (Wildman–Crippen MR) is 53.5 cm³/mol. The van der Waals surface area contributed by atoms with Crippen LogP contribution in [-0.4, -0.2) is 41.8 Å². The second-order valence-corrected chi connectivity index (χ2v) is 3.49. The number of carboxylic acids is 1. The van der Waals surface area contributed by atoms with E-state index in [0.717, 1.165) is 0 Å². The van der Waals surface area contributed by atoms with Gasteiger partial charge in [0.25, 0.3) is 0 Å². The summed E-state index contributed by atoms with van der Waals surface area (Å²) in [6, 6.07) is 0. The average Bonchev–Trinajstić information content (AvgIpc) is 2.26. The molecule has 0 spiro atoms. The Kier molecular flexibility index (Phi) is 4.15. The van der Waals surface area contributed by atoms with Gasteiger partial charge in [-0.3, -0.25) is 4.79 Å². The number of carboxylic acid groups (broad SMARTS) is 1. The Labute approximate surface area is 88.3 Å². The van der Waals surface area contributed by atoms with Gasteiger partial charge in [0.1, 0.15) is 6.61 Å². The highest BCUT2D eigenvalue weighted by atomic mass is 16.6. The first kappa shape index (κ1) is 11.6. The van der Waals surface area contributed by atoms with Crippen molar-refractivity contribution < 1.29 is 19.4 Å². The summed E-state index contributed by atoms with van der Waals surface area (Å²) in [6.07, 6.45) is 2.36. The van der Waals surface area contributed by atoms with Crippen LogP contribution in [0, 0.1) is 5.92 Å². The van der Waals surface area contributed by atoms with Crippen molar-refractivity contribution >= 4 is 12.1 Å². The summed E-state index contributed by atoms with van der Waals surface area (Å²) >= 11 is 0. The van der Waals surface area contributed by atoms with Gasteiger partial charge in [-0.1, -0.05) is 12.7 Å². The van der Waals surface area contributed by atoms with Gasteiger partial charge in [-0.15, -0.1) is 0 Å². The summed E-state index contributed by atoms with van der Waals surface area (Å²) in [4.78, 5) is 23.6. The molecule has 0 bridgehead atoms. The first-order valence-electron chi connectivity index (χ1n) is 4.90. The van der Waals surface area contributed by atoms with Gasteiger partial charge < -0.3 is 14.7 Å². The van der Waals surface area contributed by atoms with Crippen LogP contribution < -0.4 is 0 Å². The molecule has 0 unspecified atom stereocenters. The zero-order valence-corrected chi connectivity index (χ0v) is 8.52. The molecule has 84 valence electrons. The van der Waals surface area contributed by atoms with Crippen LogP contribution in [0.1, 0.15) is 12.8 Å². The van der Waals surface area contributed by atoms with Crippen LogP contribution in [0.25, 0.3) is 0 Å². The third kappa shape index (κ3) is 3.27. The fourth-order valence-electron chi connectivity index (χ4n) is 1.57. The van der Waals surface area contributed by atoms with E-state index in [0.29, 0.717) is 19.4 Å². The predicted octanol–water partition coefficient (Wildman–Crippen LogP) is 1.11. The molecule has 0 aromatic carbocycles. The summed E-state index contributed by atoms with van der Waals surface area (Å²) in [5.41, 5.74) is 0. The van der Waals surface area contributed by atoms with Crippen LogP contribution in [0.5, 0.6) is 0 Å². The van der Waals surface area contributed by atoms with Crippen molar-refractivity contribution in [3.8, 4) is 0 Å². The number of nitrogens with zero attached hydrogens (tertiary/aromatic N) is 1. The Balaban J connectivity index is 2.44. The van der Waals surface area contributed by atoms with E-state index < -0.39 is 18.0 Å². The molecule has 1 aliphatic rings. The Hall–Kier alpha value is -1.52. The lowest BCUT2D eigenvalue weighted by Gasteiger charge is -2.29. The molecule has 0 aliphatic carbocycles. The minimum absolute atomic E-state index is 0.160. The SMILES string of the molecule is C=CCOC(=O)N1CCC[C@H](C(=O)O)C1. The maximum Gasteiger partial charge on any atom is 0.410 e. The molecule has 1 aliphatic heterocycles. The van der Waals surface area contributed by atoms with Crippen molar-refractivity contribution in [1.82, 2.24) is 4.90 Å². The van der Waals surface area contributed by atoms with E-state index in [9.17, 15) is 9.59 Å². The zero-order valence-electron chi connectivity index (χ0n) is 8.52. The molecule has 1 saturated heterocycles. The van der Waals surface area contributed by atoms with Crippen molar-refractivity contribution in [2.75, 3.05) is 19.7 Å². The third-order valence-electron chi connectivity index (χ3n) is 2.35. The van der Waals surface area contributed by atoms with Crippen molar-refractivity contribution in [3.05, 3.63) is 12.7 Å². The van der Waals surface area contributed by atoms with Crippen LogP contribution in [-0.2, 0) is 9.53 Å². The fraction of sp³-hybridized carbons (Fsp3) is 0.600. The number of piperidine rings is 1. The molecule has 1 heterocycles. The maximum atomic E-state index is 11.4. The molecule has 0 saturated carbocycles. The van der Waals surface area contributed by atoms with E-state index in [-0.39, 0.29) is 13.2 Å². The van der Waals surface area contributed by atoms with E-state index in [1.807, 2.05) is 0 Å². The summed E-state index contributed by atoms with van der Waals surface area (Å²) in [6.45, 7) is 4.40. The Morgan fingerprint density at radius 2 is 2.33 bits per heavy atom. The molecule has 0 radical (unpaired) electrons. The quantitative estimate of drug-likeness (QED) is 0.713. The van der Waals surface area contributed by atoms with Gasteiger partial charge in [-0.2, -0.15) is 0 Å². The van der Waals surface area contributed by atoms with E-state index in [1.54, 1.807) is 0 Å². The van der Waals surface area contributed by atoms with Crippen LogP contribution in [0.15, 0.2) is 12.7 Å². The second-order valence-electron chi connectivity index (χ2n) is 3.49. The number of ether oxygens (including phenoxy) is 1. The number of likely N-dealkylation sites (tertiary alicyclic amines) is 1. The van der Waals surface area contributed by atoms with Crippen molar-refractivity contribution in [2.24, 2.45) is 5.92 Å². The number of carbonyl (C=O) groups is 2. The van der Waals surface area contributed by atoms with Crippen LogP contribution >= 0.6 is 0 Å². The Bertz CT molecular complexity index is 264. The van der Waals surface area contributed by atoms with Crippen LogP contribution in [0.2, 0.25) is 0 Å². The van der Waals surface area contributed by atoms with Crippen molar-refractivity contribution in [1.29, 1.82) is 0 Å². The number of hydrogen-bond donors (Lipinski definition) is 1. The third-order valence-corrected chi connectivity index (χ3v) is 2.35. The normalized spacial score (nSPS) is 20.8. The molecule has 15 heavy (non-hydrogen) atoms. The molecule has 1 rings (SSSR count). The van der Waals surface area contributed by atoms with E-state index >= 15 is 0 Å².